The third kappa shape index (κ3) is 3.39. The van der Waals surface area contributed by atoms with Gasteiger partial charge in [0.25, 0.3) is 0 Å². The zero-order chi connectivity index (χ0) is 14.7. The quantitative estimate of drug-likeness (QED) is 0.940. The van der Waals surface area contributed by atoms with Gasteiger partial charge in [-0.05, 0) is 38.0 Å². The third-order valence-corrected chi connectivity index (χ3v) is 3.58. The van der Waals surface area contributed by atoms with Gasteiger partial charge in [-0.25, -0.2) is 0 Å². The van der Waals surface area contributed by atoms with Gasteiger partial charge >= 0.3 is 0 Å². The summed E-state index contributed by atoms with van der Waals surface area (Å²) in [5.74, 6) is -0.000787. The molecular weight excluding hydrogens is 274 g/mol. The number of nitrogens with zero attached hydrogens (tertiary/aromatic N) is 2. The van der Waals surface area contributed by atoms with Crippen LogP contribution < -0.4 is 5.32 Å². The summed E-state index contributed by atoms with van der Waals surface area (Å²) in [6, 6.07) is 7.56. The first-order chi connectivity index (χ1) is 9.47. The molecule has 20 heavy (non-hydrogen) atoms. The highest BCUT2D eigenvalue weighted by Crippen LogP contribution is 2.19. The van der Waals surface area contributed by atoms with Crippen LogP contribution in [0.4, 0.5) is 5.69 Å². The standard InChI is InChI=1S/C15H18ClN3O/c1-10-15(11(2)19(3)18-10)17-14(20)9-6-12-4-7-13(16)8-5-12/h4-5,7-8H,6,9H2,1-3H3,(H,17,20). The van der Waals surface area contributed by atoms with Gasteiger partial charge in [0.15, 0.2) is 0 Å². The predicted molar refractivity (Wildman–Crippen MR) is 81.1 cm³/mol. The average Bonchev–Trinajstić information content (AvgIpc) is 2.65. The van der Waals surface area contributed by atoms with E-state index in [1.54, 1.807) is 4.68 Å². The van der Waals surface area contributed by atoms with Crippen molar-refractivity contribution in [3.05, 3.63) is 46.2 Å². The van der Waals surface area contributed by atoms with Crippen LogP contribution in [0.25, 0.3) is 0 Å². The van der Waals surface area contributed by atoms with E-state index in [9.17, 15) is 4.79 Å². The fourth-order valence-electron chi connectivity index (χ4n) is 2.07. The van der Waals surface area contributed by atoms with Gasteiger partial charge in [-0.3, -0.25) is 9.48 Å². The van der Waals surface area contributed by atoms with E-state index in [0.29, 0.717) is 17.9 Å². The largest absolute Gasteiger partial charge is 0.323 e. The molecular formula is C15H18ClN3O. The van der Waals surface area contributed by atoms with Crippen molar-refractivity contribution < 1.29 is 4.79 Å². The molecule has 0 atom stereocenters. The van der Waals surface area contributed by atoms with Crippen LogP contribution in [0.1, 0.15) is 23.4 Å². The second kappa shape index (κ2) is 6.09. The molecule has 0 fully saturated rings. The van der Waals surface area contributed by atoms with Crippen LogP contribution in [0.2, 0.25) is 5.02 Å². The molecule has 0 unspecified atom stereocenters. The molecule has 0 saturated carbocycles. The minimum atomic E-state index is -0.000787. The summed E-state index contributed by atoms with van der Waals surface area (Å²) in [6.07, 6.45) is 1.14. The molecule has 1 amide bonds. The molecule has 1 aromatic carbocycles. The number of carbonyl (C=O) groups is 1. The first-order valence-electron chi connectivity index (χ1n) is 6.52. The molecule has 106 valence electrons. The summed E-state index contributed by atoms with van der Waals surface area (Å²) < 4.78 is 1.77. The fraction of sp³-hybridized carbons (Fsp3) is 0.333. The molecule has 4 nitrogen and oxygen atoms in total. The highest BCUT2D eigenvalue weighted by atomic mass is 35.5. The lowest BCUT2D eigenvalue weighted by atomic mass is 10.1. The maximum atomic E-state index is 12.0. The molecule has 0 aliphatic rings. The summed E-state index contributed by atoms with van der Waals surface area (Å²) >= 11 is 5.83. The van der Waals surface area contributed by atoms with Gasteiger partial charge in [-0.2, -0.15) is 5.10 Å². The van der Waals surface area contributed by atoms with Crippen LogP contribution in [0.5, 0.6) is 0 Å². The Morgan fingerprint density at radius 3 is 2.50 bits per heavy atom. The Balaban J connectivity index is 1.94. The Kier molecular flexibility index (Phi) is 4.45. The highest BCUT2D eigenvalue weighted by Gasteiger charge is 2.12. The number of hydrogen-bond donors (Lipinski definition) is 1. The van der Waals surface area contributed by atoms with Gasteiger partial charge < -0.3 is 5.32 Å². The lowest BCUT2D eigenvalue weighted by Crippen LogP contribution is -2.13. The third-order valence-electron chi connectivity index (χ3n) is 3.33. The highest BCUT2D eigenvalue weighted by molar-refractivity contribution is 6.30. The maximum Gasteiger partial charge on any atom is 0.224 e. The van der Waals surface area contributed by atoms with E-state index >= 15 is 0 Å². The molecule has 0 bridgehead atoms. The van der Waals surface area contributed by atoms with E-state index in [1.807, 2.05) is 45.2 Å². The molecule has 1 N–H and O–H groups in total. The van der Waals surface area contributed by atoms with E-state index in [4.69, 9.17) is 11.6 Å². The van der Waals surface area contributed by atoms with Crippen LogP contribution in [-0.4, -0.2) is 15.7 Å². The zero-order valence-electron chi connectivity index (χ0n) is 11.9. The molecule has 2 aromatic rings. The molecule has 0 radical (unpaired) electrons. The number of aromatic nitrogens is 2. The lowest BCUT2D eigenvalue weighted by molar-refractivity contribution is -0.116. The van der Waals surface area contributed by atoms with Crippen molar-refractivity contribution in [1.82, 2.24) is 9.78 Å². The number of anilines is 1. The second-order valence-corrected chi connectivity index (χ2v) is 5.28. The molecule has 0 spiro atoms. The van der Waals surface area contributed by atoms with Gasteiger partial charge in [-0.15, -0.1) is 0 Å². The van der Waals surface area contributed by atoms with Crippen LogP contribution in [0.3, 0.4) is 0 Å². The van der Waals surface area contributed by atoms with Gasteiger partial charge in [0, 0.05) is 18.5 Å². The molecule has 1 aromatic heterocycles. The Labute approximate surface area is 123 Å². The van der Waals surface area contributed by atoms with E-state index < -0.39 is 0 Å². The van der Waals surface area contributed by atoms with Crippen LogP contribution >= 0.6 is 11.6 Å². The maximum absolute atomic E-state index is 12.0. The number of rotatable bonds is 4. The number of amides is 1. The van der Waals surface area contributed by atoms with Crippen molar-refractivity contribution in [3.63, 3.8) is 0 Å². The molecule has 5 heteroatoms. The second-order valence-electron chi connectivity index (χ2n) is 4.84. The van der Waals surface area contributed by atoms with Crippen molar-refractivity contribution in [3.8, 4) is 0 Å². The summed E-state index contributed by atoms with van der Waals surface area (Å²) in [7, 11) is 1.87. The summed E-state index contributed by atoms with van der Waals surface area (Å²) in [4.78, 5) is 12.0. The molecule has 0 saturated heterocycles. The van der Waals surface area contributed by atoms with E-state index in [-0.39, 0.29) is 5.91 Å². The summed E-state index contributed by atoms with van der Waals surface area (Å²) in [5.41, 5.74) is 3.71. The number of benzene rings is 1. The normalized spacial score (nSPS) is 10.6. The Morgan fingerprint density at radius 1 is 1.30 bits per heavy atom. The van der Waals surface area contributed by atoms with E-state index in [0.717, 1.165) is 22.6 Å². The van der Waals surface area contributed by atoms with Crippen LogP contribution in [-0.2, 0) is 18.3 Å². The number of carbonyl (C=O) groups excluding carboxylic acids is 1. The Hall–Kier alpha value is -1.81. The first kappa shape index (κ1) is 14.6. The number of hydrogen-bond acceptors (Lipinski definition) is 2. The minimum absolute atomic E-state index is 0.000787. The number of halogens is 1. The Bertz CT molecular complexity index is 617. The SMILES string of the molecule is Cc1nn(C)c(C)c1NC(=O)CCc1ccc(Cl)cc1. The number of nitrogens with one attached hydrogen (secondary N) is 1. The summed E-state index contributed by atoms with van der Waals surface area (Å²) in [5, 5.41) is 7.92. The smallest absolute Gasteiger partial charge is 0.224 e. The van der Waals surface area contributed by atoms with Crippen molar-refractivity contribution in [2.45, 2.75) is 26.7 Å². The van der Waals surface area contributed by atoms with E-state index in [2.05, 4.69) is 10.4 Å². The molecule has 2 rings (SSSR count). The first-order valence-corrected chi connectivity index (χ1v) is 6.89. The minimum Gasteiger partial charge on any atom is -0.323 e. The van der Waals surface area contributed by atoms with Crippen molar-refractivity contribution in [2.75, 3.05) is 5.32 Å². The topological polar surface area (TPSA) is 46.9 Å². The van der Waals surface area contributed by atoms with Gasteiger partial charge in [0.2, 0.25) is 5.91 Å². The van der Waals surface area contributed by atoms with E-state index in [1.165, 1.54) is 0 Å². The lowest BCUT2D eigenvalue weighted by Gasteiger charge is -2.06. The number of aryl methyl sites for hydroxylation is 3. The average molecular weight is 292 g/mol. The fourth-order valence-corrected chi connectivity index (χ4v) is 2.19. The molecule has 0 aliphatic carbocycles. The van der Waals surface area contributed by atoms with Gasteiger partial charge in [-0.1, -0.05) is 23.7 Å². The van der Waals surface area contributed by atoms with Crippen LogP contribution in [0.15, 0.2) is 24.3 Å². The van der Waals surface area contributed by atoms with Gasteiger partial charge in [0.1, 0.15) is 0 Å². The van der Waals surface area contributed by atoms with Crippen molar-refractivity contribution >= 4 is 23.2 Å². The van der Waals surface area contributed by atoms with Crippen molar-refractivity contribution in [1.29, 1.82) is 0 Å². The van der Waals surface area contributed by atoms with Gasteiger partial charge in [0.05, 0.1) is 17.1 Å². The predicted octanol–water partition coefficient (Wildman–Crippen LogP) is 3.26. The summed E-state index contributed by atoms with van der Waals surface area (Å²) in [6.45, 7) is 3.83. The van der Waals surface area contributed by atoms with Crippen LogP contribution in [0, 0.1) is 13.8 Å². The Morgan fingerprint density at radius 2 is 1.95 bits per heavy atom. The van der Waals surface area contributed by atoms with Crippen molar-refractivity contribution in [2.24, 2.45) is 7.05 Å². The zero-order valence-corrected chi connectivity index (χ0v) is 12.7. The molecule has 0 aliphatic heterocycles. The molecule has 1 heterocycles. The monoisotopic (exact) mass is 291 g/mol.